The Bertz CT molecular complexity index is 623. The minimum absolute atomic E-state index is 0.125. The third kappa shape index (κ3) is 3.24. The van der Waals surface area contributed by atoms with Gasteiger partial charge in [-0.25, -0.2) is 8.42 Å². The molecule has 1 aromatic rings. The maximum Gasteiger partial charge on any atom is 0.220 e. The van der Waals surface area contributed by atoms with E-state index in [0.717, 1.165) is 0 Å². The van der Waals surface area contributed by atoms with Gasteiger partial charge in [-0.05, 0) is 31.0 Å². The zero-order valence-electron chi connectivity index (χ0n) is 11.2. The predicted molar refractivity (Wildman–Crippen MR) is 78.7 cm³/mol. The van der Waals surface area contributed by atoms with Crippen LogP contribution in [0.1, 0.15) is 12.8 Å². The van der Waals surface area contributed by atoms with Crippen molar-refractivity contribution in [3.8, 4) is 0 Å². The smallest absolute Gasteiger partial charge is 0.220 e. The van der Waals surface area contributed by atoms with Crippen molar-refractivity contribution in [2.45, 2.75) is 17.7 Å². The Hall–Kier alpha value is -1.27. The van der Waals surface area contributed by atoms with Crippen molar-refractivity contribution in [2.24, 2.45) is 11.7 Å². The molecule has 1 aliphatic heterocycles. The second kappa shape index (κ2) is 5.61. The number of nitrogens with two attached hydrogens (primary N) is 1. The number of carbonyl (C=O) groups is 1. The van der Waals surface area contributed by atoms with E-state index >= 15 is 0 Å². The fraction of sp³-hybridized carbons (Fsp3) is 0.462. The van der Waals surface area contributed by atoms with Crippen LogP contribution in [0.15, 0.2) is 23.1 Å². The normalized spacial score (nSPS) is 17.2. The summed E-state index contributed by atoms with van der Waals surface area (Å²) in [5.41, 5.74) is 5.94. The van der Waals surface area contributed by atoms with Crippen molar-refractivity contribution in [1.29, 1.82) is 0 Å². The van der Waals surface area contributed by atoms with Crippen LogP contribution in [-0.2, 0) is 14.6 Å². The summed E-state index contributed by atoms with van der Waals surface area (Å²) in [6.07, 6.45) is 2.45. The molecule has 1 amide bonds. The molecule has 1 heterocycles. The minimum atomic E-state index is -3.35. The van der Waals surface area contributed by atoms with Gasteiger partial charge in [0, 0.05) is 30.3 Å². The third-order valence-corrected chi connectivity index (χ3v) is 4.92. The second-order valence-electron chi connectivity index (χ2n) is 5.05. The fourth-order valence-electron chi connectivity index (χ4n) is 2.45. The van der Waals surface area contributed by atoms with Gasteiger partial charge in [0.25, 0.3) is 0 Å². The van der Waals surface area contributed by atoms with Crippen LogP contribution in [-0.4, -0.2) is 33.7 Å². The standard InChI is InChI=1S/C13H17ClN2O3S/c1-20(18,19)12-8-10(14)2-3-11(12)16-6-4-9(5-7-16)13(15)17/h2-3,8-9H,4-7H2,1H3,(H2,15,17). The third-order valence-electron chi connectivity index (χ3n) is 3.56. The van der Waals surface area contributed by atoms with Gasteiger partial charge in [-0.3, -0.25) is 4.79 Å². The van der Waals surface area contributed by atoms with E-state index in [0.29, 0.717) is 36.6 Å². The topological polar surface area (TPSA) is 80.5 Å². The zero-order valence-corrected chi connectivity index (χ0v) is 12.7. The van der Waals surface area contributed by atoms with Crippen LogP contribution in [0.4, 0.5) is 5.69 Å². The van der Waals surface area contributed by atoms with Crippen molar-refractivity contribution in [3.05, 3.63) is 23.2 Å². The number of carbonyl (C=O) groups excluding carboxylic acids is 1. The van der Waals surface area contributed by atoms with Crippen molar-refractivity contribution >= 4 is 33.0 Å². The molecule has 5 nitrogen and oxygen atoms in total. The summed E-state index contributed by atoms with van der Waals surface area (Å²) in [5.74, 6) is -0.413. The van der Waals surface area contributed by atoms with Crippen LogP contribution in [0.3, 0.4) is 0 Å². The van der Waals surface area contributed by atoms with E-state index in [4.69, 9.17) is 17.3 Å². The molecule has 2 rings (SSSR count). The second-order valence-corrected chi connectivity index (χ2v) is 7.47. The Balaban J connectivity index is 2.29. The highest BCUT2D eigenvalue weighted by Crippen LogP contribution is 2.31. The number of piperidine rings is 1. The number of hydrogen-bond donors (Lipinski definition) is 1. The lowest BCUT2D eigenvalue weighted by atomic mass is 9.96. The van der Waals surface area contributed by atoms with Crippen molar-refractivity contribution in [1.82, 2.24) is 0 Å². The van der Waals surface area contributed by atoms with Crippen LogP contribution < -0.4 is 10.6 Å². The highest BCUT2D eigenvalue weighted by Gasteiger charge is 2.26. The first kappa shape index (κ1) is 15.1. The number of benzene rings is 1. The van der Waals surface area contributed by atoms with E-state index in [1.807, 2.05) is 4.90 Å². The Kier molecular flexibility index (Phi) is 4.25. The van der Waals surface area contributed by atoms with Crippen LogP contribution in [0.5, 0.6) is 0 Å². The molecule has 0 aliphatic carbocycles. The summed E-state index contributed by atoms with van der Waals surface area (Å²) in [4.78, 5) is 13.3. The van der Waals surface area contributed by atoms with Crippen LogP contribution in [0, 0.1) is 5.92 Å². The predicted octanol–water partition coefficient (Wildman–Crippen LogP) is 1.45. The quantitative estimate of drug-likeness (QED) is 0.915. The molecular formula is C13H17ClN2O3S. The molecule has 1 aromatic carbocycles. The number of hydrogen-bond acceptors (Lipinski definition) is 4. The average Bonchev–Trinajstić information content (AvgIpc) is 2.38. The lowest BCUT2D eigenvalue weighted by Crippen LogP contribution is -2.39. The summed E-state index contributed by atoms with van der Waals surface area (Å²) in [6, 6.07) is 4.85. The number of rotatable bonds is 3. The largest absolute Gasteiger partial charge is 0.370 e. The highest BCUT2D eigenvalue weighted by molar-refractivity contribution is 7.90. The monoisotopic (exact) mass is 316 g/mol. The van der Waals surface area contributed by atoms with Gasteiger partial charge in [-0.2, -0.15) is 0 Å². The molecule has 0 unspecified atom stereocenters. The Morgan fingerprint density at radius 2 is 1.95 bits per heavy atom. The summed E-state index contributed by atoms with van der Waals surface area (Å²) in [6.45, 7) is 1.22. The van der Waals surface area contributed by atoms with Gasteiger partial charge in [0.1, 0.15) is 0 Å². The molecule has 2 N–H and O–H groups in total. The van der Waals surface area contributed by atoms with Gasteiger partial charge in [0.15, 0.2) is 9.84 Å². The maximum atomic E-state index is 11.9. The van der Waals surface area contributed by atoms with E-state index in [2.05, 4.69) is 0 Å². The lowest BCUT2D eigenvalue weighted by molar-refractivity contribution is -0.122. The average molecular weight is 317 g/mol. The molecular weight excluding hydrogens is 300 g/mol. The number of amides is 1. The molecule has 1 saturated heterocycles. The Morgan fingerprint density at radius 1 is 1.35 bits per heavy atom. The van der Waals surface area contributed by atoms with Crippen molar-refractivity contribution < 1.29 is 13.2 Å². The molecule has 0 aromatic heterocycles. The fourth-order valence-corrected chi connectivity index (χ4v) is 3.61. The van der Waals surface area contributed by atoms with Gasteiger partial charge in [0.05, 0.1) is 10.6 Å². The van der Waals surface area contributed by atoms with E-state index < -0.39 is 9.84 Å². The van der Waals surface area contributed by atoms with Crippen molar-refractivity contribution in [2.75, 3.05) is 24.2 Å². The summed E-state index contributed by atoms with van der Waals surface area (Å²) in [5, 5.41) is 0.390. The molecule has 20 heavy (non-hydrogen) atoms. The first-order valence-electron chi connectivity index (χ1n) is 6.33. The van der Waals surface area contributed by atoms with Gasteiger partial charge in [-0.15, -0.1) is 0 Å². The Morgan fingerprint density at radius 3 is 2.45 bits per heavy atom. The molecule has 1 aliphatic rings. The molecule has 0 bridgehead atoms. The van der Waals surface area contributed by atoms with E-state index in [1.165, 1.54) is 12.3 Å². The Labute approximate surface area is 123 Å². The highest BCUT2D eigenvalue weighted by atomic mass is 35.5. The summed E-state index contributed by atoms with van der Waals surface area (Å²) >= 11 is 5.88. The van der Waals surface area contributed by atoms with E-state index in [9.17, 15) is 13.2 Å². The molecule has 0 radical (unpaired) electrons. The lowest BCUT2D eigenvalue weighted by Gasteiger charge is -2.33. The number of nitrogens with zero attached hydrogens (tertiary/aromatic N) is 1. The van der Waals surface area contributed by atoms with Crippen LogP contribution >= 0.6 is 11.6 Å². The van der Waals surface area contributed by atoms with Gasteiger partial charge in [0.2, 0.25) is 5.91 Å². The summed E-state index contributed by atoms with van der Waals surface area (Å²) in [7, 11) is -3.35. The molecule has 0 saturated carbocycles. The molecule has 0 atom stereocenters. The molecule has 7 heteroatoms. The number of primary amides is 1. The number of anilines is 1. The van der Waals surface area contributed by atoms with Crippen LogP contribution in [0.25, 0.3) is 0 Å². The molecule has 1 fully saturated rings. The van der Waals surface area contributed by atoms with Crippen LogP contribution in [0.2, 0.25) is 5.02 Å². The van der Waals surface area contributed by atoms with E-state index in [-0.39, 0.29) is 16.7 Å². The molecule has 110 valence electrons. The summed E-state index contributed by atoms with van der Waals surface area (Å²) < 4.78 is 23.7. The number of halogens is 1. The number of sulfone groups is 1. The first-order valence-corrected chi connectivity index (χ1v) is 8.60. The van der Waals surface area contributed by atoms with Gasteiger partial charge < -0.3 is 10.6 Å². The van der Waals surface area contributed by atoms with Gasteiger partial charge >= 0.3 is 0 Å². The SMILES string of the molecule is CS(=O)(=O)c1cc(Cl)ccc1N1CCC(C(N)=O)CC1. The first-order chi connectivity index (χ1) is 9.29. The van der Waals surface area contributed by atoms with Gasteiger partial charge in [-0.1, -0.05) is 11.6 Å². The molecule has 0 spiro atoms. The van der Waals surface area contributed by atoms with E-state index in [1.54, 1.807) is 12.1 Å². The van der Waals surface area contributed by atoms with Crippen molar-refractivity contribution in [3.63, 3.8) is 0 Å². The maximum absolute atomic E-state index is 11.9. The zero-order chi connectivity index (χ0) is 14.9. The minimum Gasteiger partial charge on any atom is -0.370 e.